The number of nitrogen functional groups attached to an aromatic ring is 1. The first-order chi connectivity index (χ1) is 13.3. The third-order valence-corrected chi connectivity index (χ3v) is 4.81. The molecule has 0 spiro atoms. The van der Waals surface area contributed by atoms with Gasteiger partial charge in [-0.15, -0.1) is 0 Å². The molecular weight excluding hydrogens is 354 g/mol. The maximum absolute atomic E-state index is 13.2. The van der Waals surface area contributed by atoms with Crippen molar-refractivity contribution in [3.05, 3.63) is 54.2 Å². The lowest BCUT2D eigenvalue weighted by Gasteiger charge is -2.17. The summed E-state index contributed by atoms with van der Waals surface area (Å²) in [7, 11) is 1.80. The summed E-state index contributed by atoms with van der Waals surface area (Å²) in [5, 5.41) is 13.1. The SMILES string of the molecule is CC(C)C[C@H](NC(=O)c1c(-c2ccccc2)c2cc(N)ccc2n1C)C(=O)O. The predicted molar refractivity (Wildman–Crippen MR) is 111 cm³/mol. The van der Waals surface area contributed by atoms with E-state index < -0.39 is 17.9 Å². The average molecular weight is 379 g/mol. The van der Waals surface area contributed by atoms with Gasteiger partial charge in [0.2, 0.25) is 0 Å². The van der Waals surface area contributed by atoms with Crippen LogP contribution >= 0.6 is 0 Å². The number of benzene rings is 2. The summed E-state index contributed by atoms with van der Waals surface area (Å²) in [4.78, 5) is 24.8. The van der Waals surface area contributed by atoms with E-state index in [2.05, 4.69) is 5.32 Å². The fourth-order valence-corrected chi connectivity index (χ4v) is 3.54. The first-order valence-electron chi connectivity index (χ1n) is 9.26. The highest BCUT2D eigenvalue weighted by molar-refractivity contribution is 6.11. The van der Waals surface area contributed by atoms with Crippen LogP contribution in [-0.4, -0.2) is 27.6 Å². The summed E-state index contributed by atoms with van der Waals surface area (Å²) in [5.74, 6) is -1.31. The van der Waals surface area contributed by atoms with Crippen molar-refractivity contribution >= 4 is 28.5 Å². The molecule has 0 saturated carbocycles. The van der Waals surface area contributed by atoms with Gasteiger partial charge in [0.1, 0.15) is 11.7 Å². The number of nitrogens with one attached hydrogen (secondary N) is 1. The van der Waals surface area contributed by atoms with Gasteiger partial charge < -0.3 is 20.7 Å². The second-order valence-electron chi connectivity index (χ2n) is 7.42. The largest absolute Gasteiger partial charge is 0.480 e. The maximum Gasteiger partial charge on any atom is 0.326 e. The molecule has 28 heavy (non-hydrogen) atoms. The van der Waals surface area contributed by atoms with E-state index in [0.29, 0.717) is 17.8 Å². The topological polar surface area (TPSA) is 97.4 Å². The fourth-order valence-electron chi connectivity index (χ4n) is 3.54. The van der Waals surface area contributed by atoms with Crippen LogP contribution in [-0.2, 0) is 11.8 Å². The zero-order chi connectivity index (χ0) is 20.4. The third-order valence-electron chi connectivity index (χ3n) is 4.81. The van der Waals surface area contributed by atoms with Gasteiger partial charge in [0, 0.05) is 29.2 Å². The van der Waals surface area contributed by atoms with E-state index >= 15 is 0 Å². The molecule has 2 aromatic carbocycles. The zero-order valence-corrected chi connectivity index (χ0v) is 16.3. The molecule has 0 aliphatic carbocycles. The van der Waals surface area contributed by atoms with Crippen LogP contribution in [0.1, 0.15) is 30.8 Å². The molecule has 1 heterocycles. The van der Waals surface area contributed by atoms with E-state index in [4.69, 9.17) is 5.73 Å². The van der Waals surface area contributed by atoms with Crippen LogP contribution in [0.5, 0.6) is 0 Å². The van der Waals surface area contributed by atoms with Crippen LogP contribution in [0.3, 0.4) is 0 Å². The Bertz CT molecular complexity index is 1020. The molecule has 0 saturated heterocycles. The van der Waals surface area contributed by atoms with Crippen molar-refractivity contribution in [3.8, 4) is 11.1 Å². The van der Waals surface area contributed by atoms with Gasteiger partial charge in [-0.1, -0.05) is 44.2 Å². The second-order valence-corrected chi connectivity index (χ2v) is 7.42. The number of aliphatic carboxylic acids is 1. The van der Waals surface area contributed by atoms with Crippen molar-refractivity contribution in [1.29, 1.82) is 0 Å². The minimum absolute atomic E-state index is 0.141. The molecule has 1 amide bonds. The van der Waals surface area contributed by atoms with E-state index in [1.54, 1.807) is 17.7 Å². The Balaban J connectivity index is 2.16. The van der Waals surface area contributed by atoms with E-state index in [1.165, 1.54) is 0 Å². The van der Waals surface area contributed by atoms with Crippen molar-refractivity contribution in [2.45, 2.75) is 26.3 Å². The lowest BCUT2D eigenvalue weighted by atomic mass is 10.00. The molecule has 0 bridgehead atoms. The van der Waals surface area contributed by atoms with Crippen molar-refractivity contribution in [2.75, 3.05) is 5.73 Å². The van der Waals surface area contributed by atoms with Gasteiger partial charge in [-0.05, 0) is 36.1 Å². The summed E-state index contributed by atoms with van der Waals surface area (Å²) < 4.78 is 1.79. The molecule has 0 unspecified atom stereocenters. The number of carbonyl (C=O) groups is 2. The summed E-state index contributed by atoms with van der Waals surface area (Å²) >= 11 is 0. The van der Waals surface area contributed by atoms with Gasteiger partial charge >= 0.3 is 5.97 Å². The maximum atomic E-state index is 13.2. The summed E-state index contributed by atoms with van der Waals surface area (Å²) in [6.45, 7) is 3.86. The molecule has 146 valence electrons. The highest BCUT2D eigenvalue weighted by Gasteiger charge is 2.27. The highest BCUT2D eigenvalue weighted by Crippen LogP contribution is 2.35. The number of carboxylic acids is 1. The molecule has 0 aliphatic rings. The van der Waals surface area contributed by atoms with Gasteiger partial charge in [-0.3, -0.25) is 4.79 Å². The van der Waals surface area contributed by atoms with Gasteiger partial charge in [0.15, 0.2) is 0 Å². The van der Waals surface area contributed by atoms with E-state index in [9.17, 15) is 14.7 Å². The number of fused-ring (bicyclic) bond motifs is 1. The summed E-state index contributed by atoms with van der Waals surface area (Å²) in [5.41, 5.74) is 9.49. The second kappa shape index (κ2) is 7.76. The number of carbonyl (C=O) groups excluding carboxylic acids is 1. The number of aryl methyl sites for hydroxylation is 1. The standard InChI is InChI=1S/C22H25N3O3/c1-13(2)11-17(22(27)28)24-21(26)20-19(14-7-5-4-6-8-14)16-12-15(23)9-10-18(16)25(20)3/h4-10,12-13,17H,11,23H2,1-3H3,(H,24,26)(H,27,28)/t17-/m0/s1. The van der Waals surface area contributed by atoms with Gasteiger partial charge in [0.25, 0.3) is 5.91 Å². The first-order valence-corrected chi connectivity index (χ1v) is 9.26. The Hall–Kier alpha value is -3.28. The highest BCUT2D eigenvalue weighted by atomic mass is 16.4. The Morgan fingerprint density at radius 2 is 1.82 bits per heavy atom. The minimum Gasteiger partial charge on any atom is -0.480 e. The number of aromatic nitrogens is 1. The molecule has 0 radical (unpaired) electrons. The van der Waals surface area contributed by atoms with Gasteiger partial charge in [-0.25, -0.2) is 4.79 Å². The Kier molecular flexibility index (Phi) is 5.40. The summed E-state index contributed by atoms with van der Waals surface area (Å²) in [6.07, 6.45) is 0.360. The number of carboxylic acid groups (broad SMARTS) is 1. The van der Waals surface area contributed by atoms with Gasteiger partial charge in [0.05, 0.1) is 0 Å². The Morgan fingerprint density at radius 3 is 2.43 bits per heavy atom. The number of hydrogen-bond donors (Lipinski definition) is 3. The van der Waals surface area contributed by atoms with Crippen LogP contribution in [0.2, 0.25) is 0 Å². The van der Waals surface area contributed by atoms with Crippen molar-refractivity contribution < 1.29 is 14.7 Å². The molecule has 6 nitrogen and oxygen atoms in total. The number of nitrogens with zero attached hydrogens (tertiary/aromatic N) is 1. The normalized spacial score (nSPS) is 12.3. The molecule has 4 N–H and O–H groups in total. The van der Waals surface area contributed by atoms with Crippen LogP contribution in [0.15, 0.2) is 48.5 Å². The number of rotatable bonds is 6. The molecule has 0 aliphatic heterocycles. The molecule has 3 rings (SSSR count). The average Bonchev–Trinajstić information content (AvgIpc) is 2.93. The third kappa shape index (κ3) is 3.71. The zero-order valence-electron chi connectivity index (χ0n) is 16.3. The number of nitrogens with two attached hydrogens (primary N) is 1. The number of hydrogen-bond acceptors (Lipinski definition) is 3. The lowest BCUT2D eigenvalue weighted by Crippen LogP contribution is -2.42. The number of anilines is 1. The monoisotopic (exact) mass is 379 g/mol. The Labute approximate surface area is 164 Å². The van der Waals surface area contributed by atoms with E-state index in [-0.39, 0.29) is 5.92 Å². The van der Waals surface area contributed by atoms with E-state index in [0.717, 1.165) is 22.0 Å². The summed E-state index contributed by atoms with van der Waals surface area (Å²) in [6, 6.07) is 14.1. The van der Waals surface area contributed by atoms with Crippen LogP contribution in [0, 0.1) is 5.92 Å². The molecule has 3 aromatic rings. The van der Waals surface area contributed by atoms with Gasteiger partial charge in [-0.2, -0.15) is 0 Å². The van der Waals surface area contributed by atoms with Crippen molar-refractivity contribution in [3.63, 3.8) is 0 Å². The Morgan fingerprint density at radius 1 is 1.14 bits per heavy atom. The molecule has 0 fully saturated rings. The molecular formula is C22H25N3O3. The minimum atomic E-state index is -1.04. The molecule has 6 heteroatoms. The van der Waals surface area contributed by atoms with Crippen LogP contribution < -0.4 is 11.1 Å². The quantitative estimate of drug-likeness (QED) is 0.569. The molecule has 1 atom stereocenters. The van der Waals surface area contributed by atoms with Crippen LogP contribution in [0.4, 0.5) is 5.69 Å². The predicted octanol–water partition coefficient (Wildman–Crippen LogP) is 3.66. The fraction of sp³-hybridized carbons (Fsp3) is 0.273. The van der Waals surface area contributed by atoms with E-state index in [1.807, 2.05) is 56.3 Å². The lowest BCUT2D eigenvalue weighted by molar-refractivity contribution is -0.139. The van der Waals surface area contributed by atoms with Crippen molar-refractivity contribution in [1.82, 2.24) is 9.88 Å². The van der Waals surface area contributed by atoms with Crippen LogP contribution in [0.25, 0.3) is 22.0 Å². The van der Waals surface area contributed by atoms with Crippen molar-refractivity contribution in [2.24, 2.45) is 13.0 Å². The molecule has 1 aromatic heterocycles. The number of amides is 1. The first kappa shape index (κ1) is 19.5. The smallest absolute Gasteiger partial charge is 0.326 e.